The summed E-state index contributed by atoms with van der Waals surface area (Å²) >= 11 is 12.4. The molecule has 3 unspecified atom stereocenters. The van der Waals surface area contributed by atoms with Crippen LogP contribution >= 0.6 is 23.2 Å². The van der Waals surface area contributed by atoms with E-state index in [0.29, 0.717) is 23.9 Å². The maximum atomic E-state index is 12.9. The SMILES string of the molecule is O=S(=O)(c1ccccc1)N1CC(c2ccccc2)C(C(Cl)CCl)C1. The van der Waals surface area contributed by atoms with Crippen LogP contribution in [0.5, 0.6) is 0 Å². The summed E-state index contributed by atoms with van der Waals surface area (Å²) in [7, 11) is -3.52. The summed E-state index contributed by atoms with van der Waals surface area (Å²) in [4.78, 5) is 0.314. The van der Waals surface area contributed by atoms with Crippen molar-refractivity contribution in [3.8, 4) is 0 Å². The van der Waals surface area contributed by atoms with Gasteiger partial charge >= 0.3 is 0 Å². The fraction of sp³-hybridized carbons (Fsp3) is 0.333. The molecule has 24 heavy (non-hydrogen) atoms. The van der Waals surface area contributed by atoms with Crippen molar-refractivity contribution < 1.29 is 8.42 Å². The normalized spacial score (nSPS) is 23.2. The topological polar surface area (TPSA) is 37.4 Å². The van der Waals surface area contributed by atoms with Gasteiger partial charge in [0.1, 0.15) is 0 Å². The molecule has 3 nitrogen and oxygen atoms in total. The van der Waals surface area contributed by atoms with Crippen molar-refractivity contribution in [2.24, 2.45) is 5.92 Å². The smallest absolute Gasteiger partial charge is 0.207 e. The van der Waals surface area contributed by atoms with Gasteiger partial charge in [-0.05, 0) is 23.6 Å². The molecule has 0 amide bonds. The predicted octanol–water partition coefficient (Wildman–Crippen LogP) is 3.94. The van der Waals surface area contributed by atoms with Crippen LogP contribution < -0.4 is 0 Å². The van der Waals surface area contributed by atoms with Crippen LogP contribution in [0.25, 0.3) is 0 Å². The number of hydrogen-bond donors (Lipinski definition) is 0. The minimum absolute atomic E-state index is 0.00921. The Labute approximate surface area is 153 Å². The quantitative estimate of drug-likeness (QED) is 0.733. The monoisotopic (exact) mass is 383 g/mol. The van der Waals surface area contributed by atoms with Gasteiger partial charge in [-0.2, -0.15) is 4.31 Å². The van der Waals surface area contributed by atoms with Crippen LogP contribution in [0.2, 0.25) is 0 Å². The third-order valence-electron chi connectivity index (χ3n) is 4.55. The molecule has 0 aliphatic carbocycles. The van der Waals surface area contributed by atoms with Crippen LogP contribution in [-0.2, 0) is 10.0 Å². The van der Waals surface area contributed by atoms with E-state index in [9.17, 15) is 8.42 Å². The van der Waals surface area contributed by atoms with Gasteiger partial charge in [0.05, 0.1) is 10.3 Å². The Kier molecular flexibility index (Phi) is 5.50. The van der Waals surface area contributed by atoms with Crippen molar-refractivity contribution in [2.45, 2.75) is 16.2 Å². The molecule has 3 atom stereocenters. The number of nitrogens with zero attached hydrogens (tertiary/aromatic N) is 1. The molecule has 128 valence electrons. The minimum atomic E-state index is -3.52. The lowest BCUT2D eigenvalue weighted by Crippen LogP contribution is -2.30. The number of halogens is 2. The number of alkyl halides is 2. The Balaban J connectivity index is 1.92. The lowest BCUT2D eigenvalue weighted by Gasteiger charge is -2.21. The summed E-state index contributed by atoms with van der Waals surface area (Å²) in [6.45, 7) is 0.809. The van der Waals surface area contributed by atoms with E-state index in [1.165, 1.54) is 4.31 Å². The van der Waals surface area contributed by atoms with Gasteiger partial charge < -0.3 is 0 Å². The summed E-state index contributed by atoms with van der Waals surface area (Å²) in [6, 6.07) is 18.4. The average Bonchev–Trinajstić information content (AvgIpc) is 3.09. The van der Waals surface area contributed by atoms with Crippen molar-refractivity contribution in [3.05, 3.63) is 66.2 Å². The third-order valence-corrected chi connectivity index (χ3v) is 7.37. The molecule has 0 aromatic heterocycles. The number of rotatable bonds is 5. The van der Waals surface area contributed by atoms with Gasteiger partial charge in [0.2, 0.25) is 10.0 Å². The van der Waals surface area contributed by atoms with Crippen molar-refractivity contribution in [1.29, 1.82) is 0 Å². The highest BCUT2D eigenvalue weighted by molar-refractivity contribution is 7.89. The van der Waals surface area contributed by atoms with Crippen LogP contribution in [0.15, 0.2) is 65.6 Å². The summed E-state index contributed by atoms with van der Waals surface area (Å²) < 4.78 is 27.4. The lowest BCUT2D eigenvalue weighted by atomic mass is 9.87. The molecule has 2 aromatic carbocycles. The van der Waals surface area contributed by atoms with Gasteiger partial charge in [-0.25, -0.2) is 8.42 Å². The van der Waals surface area contributed by atoms with Crippen LogP contribution in [-0.4, -0.2) is 37.1 Å². The molecule has 1 saturated heterocycles. The molecule has 1 fully saturated rings. The van der Waals surface area contributed by atoms with Gasteiger partial charge in [-0.15, -0.1) is 23.2 Å². The predicted molar refractivity (Wildman–Crippen MR) is 98.2 cm³/mol. The zero-order valence-corrected chi connectivity index (χ0v) is 15.4. The highest BCUT2D eigenvalue weighted by Crippen LogP contribution is 2.39. The largest absolute Gasteiger partial charge is 0.243 e. The van der Waals surface area contributed by atoms with E-state index in [1.807, 2.05) is 30.3 Å². The summed E-state index contributed by atoms with van der Waals surface area (Å²) in [6.07, 6.45) is 0. The summed E-state index contributed by atoms with van der Waals surface area (Å²) in [5, 5.41) is -0.271. The highest BCUT2D eigenvalue weighted by atomic mass is 35.5. The van der Waals surface area contributed by atoms with Crippen LogP contribution in [0.4, 0.5) is 0 Å². The van der Waals surface area contributed by atoms with Crippen LogP contribution in [0.1, 0.15) is 11.5 Å². The van der Waals surface area contributed by atoms with E-state index in [4.69, 9.17) is 23.2 Å². The van der Waals surface area contributed by atoms with Crippen molar-refractivity contribution >= 4 is 33.2 Å². The van der Waals surface area contributed by atoms with Gasteiger partial charge in [0.25, 0.3) is 0 Å². The van der Waals surface area contributed by atoms with Gasteiger partial charge in [0, 0.05) is 24.9 Å². The second-order valence-electron chi connectivity index (χ2n) is 5.99. The maximum Gasteiger partial charge on any atom is 0.243 e. The van der Waals surface area contributed by atoms with E-state index in [1.54, 1.807) is 30.3 Å². The number of sulfonamides is 1. The molecule has 2 aromatic rings. The summed E-state index contributed by atoms with van der Waals surface area (Å²) in [5.41, 5.74) is 1.10. The molecule has 0 spiro atoms. The minimum Gasteiger partial charge on any atom is -0.207 e. The second-order valence-corrected chi connectivity index (χ2v) is 8.79. The molecular formula is C18H19Cl2NO2S. The Morgan fingerprint density at radius 3 is 2.17 bits per heavy atom. The molecule has 0 radical (unpaired) electrons. The Morgan fingerprint density at radius 2 is 1.58 bits per heavy atom. The van der Waals surface area contributed by atoms with Crippen LogP contribution in [0.3, 0.4) is 0 Å². The zero-order chi connectivity index (χ0) is 17.2. The Bertz CT molecular complexity index is 768. The van der Waals surface area contributed by atoms with Crippen molar-refractivity contribution in [1.82, 2.24) is 4.31 Å². The van der Waals surface area contributed by atoms with E-state index in [2.05, 4.69) is 0 Å². The molecule has 0 saturated carbocycles. The first-order valence-electron chi connectivity index (χ1n) is 7.84. The number of hydrogen-bond acceptors (Lipinski definition) is 2. The third kappa shape index (κ3) is 3.47. The molecule has 3 rings (SSSR count). The molecule has 6 heteroatoms. The summed E-state index contributed by atoms with van der Waals surface area (Å²) in [5.74, 6) is 0.338. The fourth-order valence-electron chi connectivity index (χ4n) is 3.26. The second kappa shape index (κ2) is 7.44. The molecule has 1 aliphatic rings. The van der Waals surface area contributed by atoms with E-state index < -0.39 is 10.0 Å². The zero-order valence-electron chi connectivity index (χ0n) is 13.1. The van der Waals surface area contributed by atoms with E-state index >= 15 is 0 Å². The number of benzene rings is 2. The van der Waals surface area contributed by atoms with Crippen LogP contribution in [0, 0.1) is 5.92 Å². The average molecular weight is 384 g/mol. The molecule has 0 N–H and O–H groups in total. The first-order valence-corrected chi connectivity index (χ1v) is 10.3. The van der Waals surface area contributed by atoms with Crippen molar-refractivity contribution in [2.75, 3.05) is 19.0 Å². The molecule has 1 aliphatic heterocycles. The first kappa shape index (κ1) is 17.7. The lowest BCUT2D eigenvalue weighted by molar-refractivity contribution is 0.454. The Hall–Kier alpha value is -1.07. The molecular weight excluding hydrogens is 365 g/mol. The van der Waals surface area contributed by atoms with Gasteiger partial charge in [-0.1, -0.05) is 48.5 Å². The molecule has 0 bridgehead atoms. The highest BCUT2D eigenvalue weighted by Gasteiger charge is 2.42. The van der Waals surface area contributed by atoms with Gasteiger partial charge in [0.15, 0.2) is 0 Å². The standard InChI is InChI=1S/C18H19Cl2NO2S/c19-11-18(20)17-13-21(12-16(17)14-7-3-1-4-8-14)24(22,23)15-9-5-2-6-10-15/h1-10,16-18H,11-13H2. The van der Waals surface area contributed by atoms with E-state index in [-0.39, 0.29) is 17.2 Å². The Morgan fingerprint density at radius 1 is 1.00 bits per heavy atom. The fourth-order valence-corrected chi connectivity index (χ4v) is 5.27. The maximum absolute atomic E-state index is 12.9. The first-order chi connectivity index (χ1) is 11.5. The van der Waals surface area contributed by atoms with E-state index in [0.717, 1.165) is 5.56 Å². The van der Waals surface area contributed by atoms with Crippen molar-refractivity contribution in [3.63, 3.8) is 0 Å². The molecule has 1 heterocycles. The van der Waals surface area contributed by atoms with Gasteiger partial charge in [-0.3, -0.25) is 0 Å².